The fourth-order valence-electron chi connectivity index (χ4n) is 6.33. The maximum absolute atomic E-state index is 6.93. The van der Waals surface area contributed by atoms with Gasteiger partial charge in [-0.3, -0.25) is 0 Å². The quantitative estimate of drug-likeness (QED) is 0.203. The van der Waals surface area contributed by atoms with Gasteiger partial charge in [-0.05, 0) is 68.6 Å². The van der Waals surface area contributed by atoms with Crippen molar-refractivity contribution in [3.05, 3.63) is 140 Å². The van der Waals surface area contributed by atoms with E-state index in [1.165, 1.54) is 43.3 Å². The molecule has 0 aliphatic carbocycles. The normalized spacial score (nSPS) is 14.5. The SMILES string of the molecule is c1ccc(-c2cccc(-c3ccc4c5c3Oc3ccc6ccccc6c3P5c3c(ccc5ccccc35)O4)c2)cc1. The molecule has 1 unspecified atom stereocenters. The predicted molar refractivity (Wildman–Crippen MR) is 171 cm³/mol. The number of hydrogen-bond donors (Lipinski definition) is 0. The van der Waals surface area contributed by atoms with E-state index in [0.717, 1.165) is 39.4 Å². The Morgan fingerprint density at radius 3 is 1.68 bits per heavy atom. The van der Waals surface area contributed by atoms with E-state index in [0.29, 0.717) is 0 Å². The summed E-state index contributed by atoms with van der Waals surface area (Å²) in [6, 6.07) is 49.5. The second kappa shape index (κ2) is 8.80. The largest absolute Gasteiger partial charge is 0.456 e. The summed E-state index contributed by atoms with van der Waals surface area (Å²) in [5.74, 6) is 3.66. The molecule has 0 radical (unpaired) electrons. The zero-order valence-electron chi connectivity index (χ0n) is 22.0. The minimum Gasteiger partial charge on any atom is -0.456 e. The average molecular weight is 543 g/mol. The highest BCUT2D eigenvalue weighted by atomic mass is 31.1. The zero-order valence-corrected chi connectivity index (χ0v) is 22.9. The third kappa shape index (κ3) is 3.41. The van der Waals surface area contributed by atoms with E-state index >= 15 is 0 Å². The molecule has 2 aliphatic rings. The van der Waals surface area contributed by atoms with Gasteiger partial charge in [0, 0.05) is 24.1 Å². The van der Waals surface area contributed by atoms with Gasteiger partial charge in [-0.2, -0.15) is 0 Å². The van der Waals surface area contributed by atoms with Gasteiger partial charge in [0.25, 0.3) is 0 Å². The van der Waals surface area contributed by atoms with Crippen LogP contribution in [0.4, 0.5) is 0 Å². The molecule has 0 saturated heterocycles. The van der Waals surface area contributed by atoms with Crippen molar-refractivity contribution in [1.82, 2.24) is 0 Å². The van der Waals surface area contributed by atoms with Crippen LogP contribution in [-0.4, -0.2) is 0 Å². The van der Waals surface area contributed by atoms with E-state index in [-0.39, 0.29) is 0 Å². The van der Waals surface area contributed by atoms with Crippen molar-refractivity contribution in [1.29, 1.82) is 0 Å². The standard InChI is InChI=1S/C38H23O2P/c1-2-9-24(10-3-1)27-13-8-14-28(23-27)29-19-22-34-38-35(29)40-33-21-18-26-12-5-7-16-31(26)37(33)41(38)36-30-15-6-4-11-25(30)17-20-32(36)39-34/h1-23H. The number of ether oxygens (including phenoxy) is 2. The summed E-state index contributed by atoms with van der Waals surface area (Å²) in [6.45, 7) is 0. The highest BCUT2D eigenvalue weighted by Crippen LogP contribution is 2.57. The predicted octanol–water partition coefficient (Wildman–Crippen LogP) is 9.30. The molecule has 2 aliphatic heterocycles. The summed E-state index contributed by atoms with van der Waals surface area (Å²) in [6.07, 6.45) is 0. The average Bonchev–Trinajstić information content (AvgIpc) is 3.04. The van der Waals surface area contributed by atoms with E-state index in [1.54, 1.807) is 0 Å². The van der Waals surface area contributed by atoms with Crippen LogP contribution < -0.4 is 25.4 Å². The lowest BCUT2D eigenvalue weighted by Gasteiger charge is -2.37. The molecule has 0 N–H and O–H groups in total. The molecule has 192 valence electrons. The smallest absolute Gasteiger partial charge is 0.147 e. The molecule has 9 rings (SSSR count). The van der Waals surface area contributed by atoms with Gasteiger partial charge in [0.2, 0.25) is 0 Å². The zero-order chi connectivity index (χ0) is 26.9. The first-order valence-corrected chi connectivity index (χ1v) is 15.2. The molecule has 0 bridgehead atoms. The highest BCUT2D eigenvalue weighted by Gasteiger charge is 2.40. The summed E-state index contributed by atoms with van der Waals surface area (Å²) in [5, 5.41) is 8.63. The summed E-state index contributed by atoms with van der Waals surface area (Å²) in [4.78, 5) is 0. The molecule has 2 heterocycles. The van der Waals surface area contributed by atoms with E-state index in [4.69, 9.17) is 9.47 Å². The Morgan fingerprint density at radius 2 is 0.951 bits per heavy atom. The summed E-state index contributed by atoms with van der Waals surface area (Å²) in [7, 11) is -0.959. The van der Waals surface area contributed by atoms with Gasteiger partial charge in [-0.15, -0.1) is 0 Å². The molecule has 0 amide bonds. The second-order valence-corrected chi connectivity index (χ2v) is 12.6. The topological polar surface area (TPSA) is 18.5 Å². The molecule has 0 spiro atoms. The molecule has 7 aromatic rings. The molecule has 7 aromatic carbocycles. The van der Waals surface area contributed by atoms with Crippen LogP contribution in [0.25, 0.3) is 43.8 Å². The minimum atomic E-state index is -0.959. The van der Waals surface area contributed by atoms with E-state index in [9.17, 15) is 0 Å². The van der Waals surface area contributed by atoms with Gasteiger partial charge >= 0.3 is 0 Å². The van der Waals surface area contributed by atoms with Crippen LogP contribution in [0.5, 0.6) is 23.0 Å². The molecule has 0 aromatic heterocycles. The number of rotatable bonds is 2. The first-order valence-electron chi connectivity index (χ1n) is 13.9. The molecular formula is C38H23O2P. The van der Waals surface area contributed by atoms with Gasteiger partial charge < -0.3 is 9.47 Å². The van der Waals surface area contributed by atoms with Crippen LogP contribution in [0.3, 0.4) is 0 Å². The highest BCUT2D eigenvalue weighted by molar-refractivity contribution is 7.81. The maximum Gasteiger partial charge on any atom is 0.147 e. The van der Waals surface area contributed by atoms with Crippen molar-refractivity contribution in [3.63, 3.8) is 0 Å². The van der Waals surface area contributed by atoms with Crippen molar-refractivity contribution >= 4 is 45.4 Å². The van der Waals surface area contributed by atoms with Gasteiger partial charge in [-0.25, -0.2) is 0 Å². The summed E-state index contributed by atoms with van der Waals surface area (Å²) in [5.41, 5.74) is 4.60. The third-order valence-corrected chi connectivity index (χ3v) is 10.9. The van der Waals surface area contributed by atoms with Crippen molar-refractivity contribution < 1.29 is 9.47 Å². The second-order valence-electron chi connectivity index (χ2n) is 10.5. The van der Waals surface area contributed by atoms with Gasteiger partial charge in [0.05, 0.1) is 5.30 Å². The first-order chi connectivity index (χ1) is 20.3. The van der Waals surface area contributed by atoms with Crippen molar-refractivity contribution in [2.24, 2.45) is 0 Å². The van der Waals surface area contributed by atoms with Crippen LogP contribution >= 0.6 is 7.92 Å². The lowest BCUT2D eigenvalue weighted by Crippen LogP contribution is -2.33. The van der Waals surface area contributed by atoms with Crippen molar-refractivity contribution in [3.8, 4) is 45.3 Å². The Labute approximate surface area is 239 Å². The lowest BCUT2D eigenvalue weighted by molar-refractivity contribution is 0.468. The monoisotopic (exact) mass is 542 g/mol. The number of fused-ring (bicyclic) bond motifs is 8. The minimum absolute atomic E-state index is 0.885. The van der Waals surface area contributed by atoms with Gasteiger partial charge in [0.1, 0.15) is 23.0 Å². The lowest BCUT2D eigenvalue weighted by atomic mass is 9.98. The van der Waals surface area contributed by atoms with Crippen LogP contribution in [0.2, 0.25) is 0 Å². The molecule has 0 fully saturated rings. The van der Waals surface area contributed by atoms with Gasteiger partial charge in [-0.1, -0.05) is 109 Å². The summed E-state index contributed by atoms with van der Waals surface area (Å²) < 4.78 is 13.6. The van der Waals surface area contributed by atoms with Crippen LogP contribution in [0.1, 0.15) is 0 Å². The van der Waals surface area contributed by atoms with E-state index in [2.05, 4.69) is 140 Å². The third-order valence-electron chi connectivity index (χ3n) is 8.21. The fourth-order valence-corrected chi connectivity index (χ4v) is 9.29. The molecular weight excluding hydrogens is 519 g/mol. The van der Waals surface area contributed by atoms with Crippen LogP contribution in [-0.2, 0) is 0 Å². The molecule has 3 heteroatoms. The van der Waals surface area contributed by atoms with E-state index in [1.807, 2.05) is 0 Å². The van der Waals surface area contributed by atoms with E-state index < -0.39 is 7.92 Å². The Morgan fingerprint density at radius 1 is 0.390 bits per heavy atom. The molecule has 0 saturated carbocycles. The Kier molecular flexibility index (Phi) is 4.90. The van der Waals surface area contributed by atoms with Crippen LogP contribution in [0.15, 0.2) is 140 Å². The summed E-state index contributed by atoms with van der Waals surface area (Å²) >= 11 is 0. The number of benzene rings is 7. The first kappa shape index (κ1) is 22.9. The molecule has 1 atom stereocenters. The van der Waals surface area contributed by atoms with Crippen molar-refractivity contribution in [2.45, 2.75) is 0 Å². The van der Waals surface area contributed by atoms with Crippen LogP contribution in [0, 0.1) is 0 Å². The Balaban J connectivity index is 1.35. The Bertz CT molecular complexity index is 2120. The molecule has 2 nitrogen and oxygen atoms in total. The Hall–Kier alpha value is -4.91. The fraction of sp³-hybridized carbons (Fsp3) is 0. The van der Waals surface area contributed by atoms with Crippen molar-refractivity contribution in [2.75, 3.05) is 0 Å². The number of hydrogen-bond acceptors (Lipinski definition) is 2. The van der Waals surface area contributed by atoms with Gasteiger partial charge in [0.15, 0.2) is 0 Å². The maximum atomic E-state index is 6.93. The molecule has 41 heavy (non-hydrogen) atoms.